The minimum absolute atomic E-state index is 0. The van der Waals surface area contributed by atoms with Gasteiger partial charge in [-0.05, 0) is 39.8 Å². The van der Waals surface area contributed by atoms with E-state index in [4.69, 9.17) is 4.74 Å². The van der Waals surface area contributed by atoms with Crippen LogP contribution in [0.4, 0.5) is 4.79 Å². The second-order valence-electron chi connectivity index (χ2n) is 6.74. The second-order valence-corrected chi connectivity index (χ2v) is 6.74. The lowest BCUT2D eigenvalue weighted by Gasteiger charge is -2.40. The molecule has 1 aliphatic heterocycles. The van der Waals surface area contributed by atoms with Gasteiger partial charge in [-0.15, -0.1) is 24.0 Å². The highest BCUT2D eigenvalue weighted by molar-refractivity contribution is 14.0. The first-order chi connectivity index (χ1) is 11.4. The van der Waals surface area contributed by atoms with E-state index in [9.17, 15) is 4.79 Å². The van der Waals surface area contributed by atoms with Gasteiger partial charge in [-0.1, -0.05) is 6.07 Å². The van der Waals surface area contributed by atoms with Crippen molar-refractivity contribution in [1.82, 2.24) is 20.5 Å². The summed E-state index contributed by atoms with van der Waals surface area (Å²) in [6, 6.07) is 5.96. The molecule has 1 amide bonds. The molecule has 1 aliphatic rings. The summed E-state index contributed by atoms with van der Waals surface area (Å²) in [6.07, 6.45) is 1.49. The third-order valence-corrected chi connectivity index (χ3v) is 3.34. The van der Waals surface area contributed by atoms with Gasteiger partial charge in [0, 0.05) is 25.8 Å². The number of aliphatic imine (C=N–C) groups is 1. The summed E-state index contributed by atoms with van der Waals surface area (Å²) in [6.45, 7) is 10.1. The Kier molecular flexibility index (Phi) is 8.40. The van der Waals surface area contributed by atoms with Crippen LogP contribution >= 0.6 is 24.0 Å². The van der Waals surface area contributed by atoms with Crippen LogP contribution in [0.25, 0.3) is 0 Å². The summed E-state index contributed by atoms with van der Waals surface area (Å²) in [5, 5.41) is 6.54. The van der Waals surface area contributed by atoms with Crippen molar-refractivity contribution in [3.8, 4) is 0 Å². The Morgan fingerprint density at radius 2 is 2.12 bits per heavy atom. The standard InChI is InChI=1S/C17H27N5O2.HI/c1-5-18-15(20-10-13-8-6-7-9-19-13)21-14-11-22(12-14)16(23)24-17(2,3)4;/h6-9,14H,5,10-12H2,1-4H3,(H2,18,20,21);1H. The van der Waals surface area contributed by atoms with E-state index in [0.717, 1.165) is 18.2 Å². The first kappa shape index (κ1) is 21.5. The van der Waals surface area contributed by atoms with E-state index in [0.29, 0.717) is 19.6 Å². The number of nitrogens with one attached hydrogen (secondary N) is 2. The minimum Gasteiger partial charge on any atom is -0.444 e. The van der Waals surface area contributed by atoms with Crippen molar-refractivity contribution in [1.29, 1.82) is 0 Å². The number of rotatable bonds is 4. The number of aromatic nitrogens is 1. The van der Waals surface area contributed by atoms with Gasteiger partial charge >= 0.3 is 6.09 Å². The molecule has 2 N–H and O–H groups in total. The van der Waals surface area contributed by atoms with Gasteiger partial charge in [0.15, 0.2) is 5.96 Å². The maximum atomic E-state index is 11.9. The lowest BCUT2D eigenvalue weighted by atomic mass is 10.1. The van der Waals surface area contributed by atoms with Gasteiger partial charge in [-0.25, -0.2) is 9.79 Å². The highest BCUT2D eigenvalue weighted by atomic mass is 127. The molecule has 0 radical (unpaired) electrons. The number of hydrogen-bond donors (Lipinski definition) is 2. The van der Waals surface area contributed by atoms with E-state index in [1.54, 1.807) is 11.1 Å². The monoisotopic (exact) mass is 461 g/mol. The van der Waals surface area contributed by atoms with Crippen LogP contribution in [0.15, 0.2) is 29.4 Å². The number of carbonyl (C=O) groups is 1. The number of nitrogens with zero attached hydrogens (tertiary/aromatic N) is 3. The quantitative estimate of drug-likeness (QED) is 0.409. The normalized spacial score (nSPS) is 15.0. The predicted molar refractivity (Wildman–Crippen MR) is 109 cm³/mol. The Balaban J connectivity index is 0.00000312. The molecule has 2 rings (SSSR count). The molecule has 0 aromatic carbocycles. The minimum atomic E-state index is -0.464. The van der Waals surface area contributed by atoms with Gasteiger partial charge in [0.2, 0.25) is 0 Å². The Morgan fingerprint density at radius 3 is 2.68 bits per heavy atom. The highest BCUT2D eigenvalue weighted by Crippen LogP contribution is 2.15. The summed E-state index contributed by atoms with van der Waals surface area (Å²) >= 11 is 0. The molecular weight excluding hydrogens is 433 g/mol. The molecule has 7 nitrogen and oxygen atoms in total. The van der Waals surface area contributed by atoms with E-state index in [2.05, 4.69) is 20.6 Å². The molecule has 25 heavy (non-hydrogen) atoms. The zero-order valence-electron chi connectivity index (χ0n) is 15.3. The Morgan fingerprint density at radius 1 is 1.40 bits per heavy atom. The van der Waals surface area contributed by atoms with Gasteiger partial charge in [0.25, 0.3) is 0 Å². The van der Waals surface area contributed by atoms with Crippen LogP contribution < -0.4 is 10.6 Å². The maximum absolute atomic E-state index is 11.9. The van der Waals surface area contributed by atoms with Gasteiger partial charge in [0.1, 0.15) is 5.60 Å². The first-order valence-corrected chi connectivity index (χ1v) is 8.30. The van der Waals surface area contributed by atoms with Crippen molar-refractivity contribution in [3.63, 3.8) is 0 Å². The number of ether oxygens (including phenoxy) is 1. The summed E-state index contributed by atoms with van der Waals surface area (Å²) in [4.78, 5) is 22.4. The topological polar surface area (TPSA) is 78.9 Å². The van der Waals surface area contributed by atoms with Gasteiger partial charge in [0.05, 0.1) is 18.3 Å². The first-order valence-electron chi connectivity index (χ1n) is 8.30. The summed E-state index contributed by atoms with van der Waals surface area (Å²) in [5.74, 6) is 0.733. The molecule has 0 aliphatic carbocycles. The van der Waals surface area contributed by atoms with Crippen LogP contribution in [0.2, 0.25) is 0 Å². The number of halogens is 1. The molecular formula is C17H28IN5O2. The molecule has 0 bridgehead atoms. The molecule has 0 unspecified atom stereocenters. The van der Waals surface area contributed by atoms with Crippen LogP contribution in [0.5, 0.6) is 0 Å². The molecule has 1 saturated heterocycles. The molecule has 140 valence electrons. The average Bonchev–Trinajstić information content (AvgIpc) is 2.47. The zero-order chi connectivity index (χ0) is 17.6. The number of guanidine groups is 1. The fraction of sp³-hybridized carbons (Fsp3) is 0.588. The lowest BCUT2D eigenvalue weighted by Crippen LogP contribution is -2.63. The van der Waals surface area contributed by atoms with Crippen molar-refractivity contribution in [2.45, 2.75) is 45.9 Å². The van der Waals surface area contributed by atoms with Crippen molar-refractivity contribution >= 4 is 36.0 Å². The van der Waals surface area contributed by atoms with E-state index in [1.165, 1.54) is 0 Å². The SMILES string of the molecule is CCNC(=NCc1ccccn1)NC1CN(C(=O)OC(C)(C)C)C1.I. The zero-order valence-corrected chi connectivity index (χ0v) is 17.6. The van der Waals surface area contributed by atoms with Crippen LogP contribution in [0.3, 0.4) is 0 Å². The highest BCUT2D eigenvalue weighted by Gasteiger charge is 2.34. The Hall–Kier alpha value is -1.58. The van der Waals surface area contributed by atoms with Gasteiger partial charge in [-0.3, -0.25) is 4.98 Å². The molecule has 0 saturated carbocycles. The van der Waals surface area contributed by atoms with Crippen molar-refractivity contribution in [2.24, 2.45) is 4.99 Å². The third kappa shape index (κ3) is 7.45. The molecule has 1 aromatic heterocycles. The number of carbonyl (C=O) groups excluding carboxylic acids is 1. The fourth-order valence-electron chi connectivity index (χ4n) is 2.21. The molecule has 0 spiro atoms. The van der Waals surface area contributed by atoms with E-state index >= 15 is 0 Å². The summed E-state index contributed by atoms with van der Waals surface area (Å²) in [5.41, 5.74) is 0.452. The Labute approximate surface area is 166 Å². The second kappa shape index (κ2) is 9.79. The summed E-state index contributed by atoms with van der Waals surface area (Å²) < 4.78 is 5.35. The number of pyridine rings is 1. The third-order valence-electron chi connectivity index (χ3n) is 3.34. The Bertz CT molecular complexity index is 568. The van der Waals surface area contributed by atoms with Gasteiger partial charge in [-0.2, -0.15) is 0 Å². The van der Waals surface area contributed by atoms with Crippen molar-refractivity contribution in [2.75, 3.05) is 19.6 Å². The molecule has 1 fully saturated rings. The van der Waals surface area contributed by atoms with E-state index in [1.807, 2.05) is 45.9 Å². The predicted octanol–water partition coefficient (Wildman–Crippen LogP) is 2.37. The largest absolute Gasteiger partial charge is 0.444 e. The van der Waals surface area contributed by atoms with Crippen LogP contribution in [-0.2, 0) is 11.3 Å². The van der Waals surface area contributed by atoms with Crippen molar-refractivity contribution < 1.29 is 9.53 Å². The van der Waals surface area contributed by atoms with Gasteiger partial charge < -0.3 is 20.3 Å². The number of likely N-dealkylation sites (tertiary alicyclic amines) is 1. The number of amides is 1. The lowest BCUT2D eigenvalue weighted by molar-refractivity contribution is 0.00701. The van der Waals surface area contributed by atoms with Crippen LogP contribution in [-0.4, -0.2) is 53.2 Å². The molecule has 1 aromatic rings. The smallest absolute Gasteiger partial charge is 0.410 e. The molecule has 8 heteroatoms. The average molecular weight is 461 g/mol. The van der Waals surface area contributed by atoms with E-state index < -0.39 is 5.60 Å². The molecule has 0 atom stereocenters. The maximum Gasteiger partial charge on any atom is 0.410 e. The van der Waals surface area contributed by atoms with Crippen molar-refractivity contribution in [3.05, 3.63) is 30.1 Å². The fourth-order valence-corrected chi connectivity index (χ4v) is 2.21. The van der Waals surface area contributed by atoms with E-state index in [-0.39, 0.29) is 36.1 Å². The number of hydrogen-bond acceptors (Lipinski definition) is 4. The molecule has 2 heterocycles. The van der Waals surface area contributed by atoms with Crippen LogP contribution in [0.1, 0.15) is 33.4 Å². The summed E-state index contributed by atoms with van der Waals surface area (Å²) in [7, 11) is 0. The van der Waals surface area contributed by atoms with Crippen LogP contribution in [0, 0.1) is 0 Å².